The van der Waals surface area contributed by atoms with Crippen molar-refractivity contribution in [2.45, 2.75) is 39.3 Å². The van der Waals surface area contributed by atoms with Crippen molar-refractivity contribution < 1.29 is 9.90 Å². The predicted molar refractivity (Wildman–Crippen MR) is 74.5 cm³/mol. The molecule has 1 aromatic heterocycles. The molecule has 2 atom stereocenters. The van der Waals surface area contributed by atoms with Crippen molar-refractivity contribution in [2.75, 3.05) is 0 Å². The number of aromatic amines is 1. The summed E-state index contributed by atoms with van der Waals surface area (Å²) in [5, 5.41) is 13.5. The van der Waals surface area contributed by atoms with E-state index in [-0.39, 0.29) is 6.04 Å². The van der Waals surface area contributed by atoms with Crippen LogP contribution in [-0.2, 0) is 11.2 Å². The van der Waals surface area contributed by atoms with Crippen LogP contribution in [0.3, 0.4) is 0 Å². The molecular weight excluding hydrogens is 240 g/mol. The third-order valence-electron chi connectivity index (χ3n) is 4.24. The predicted octanol–water partition coefficient (Wildman–Crippen LogP) is 2.44. The van der Waals surface area contributed by atoms with Crippen molar-refractivity contribution in [3.63, 3.8) is 0 Å². The molecule has 19 heavy (non-hydrogen) atoms. The lowest BCUT2D eigenvalue weighted by Gasteiger charge is -2.26. The molecule has 0 fully saturated rings. The second-order valence-electron chi connectivity index (χ2n) is 5.43. The lowest BCUT2D eigenvalue weighted by atomic mass is 9.94. The van der Waals surface area contributed by atoms with Gasteiger partial charge >= 0.3 is 5.97 Å². The molecule has 1 aromatic carbocycles. The lowest BCUT2D eigenvalue weighted by Crippen LogP contribution is -2.43. The van der Waals surface area contributed by atoms with Crippen LogP contribution < -0.4 is 5.32 Å². The molecule has 0 saturated carbocycles. The summed E-state index contributed by atoms with van der Waals surface area (Å²) in [6.45, 7) is 6.20. The monoisotopic (exact) mass is 258 g/mol. The zero-order chi connectivity index (χ0) is 13.7. The Hall–Kier alpha value is -1.81. The summed E-state index contributed by atoms with van der Waals surface area (Å²) in [6, 6.07) is 3.75. The highest BCUT2D eigenvalue weighted by molar-refractivity contribution is 5.89. The van der Waals surface area contributed by atoms with Crippen LogP contribution in [0.1, 0.15) is 35.3 Å². The molecule has 1 aliphatic rings. The van der Waals surface area contributed by atoms with Crippen molar-refractivity contribution >= 4 is 16.9 Å². The molecule has 100 valence electrons. The molecule has 0 bridgehead atoms. The Bertz CT molecular complexity index is 672. The molecule has 4 nitrogen and oxygen atoms in total. The van der Waals surface area contributed by atoms with Crippen molar-refractivity contribution in [1.82, 2.24) is 10.3 Å². The molecular formula is C15H18N2O2. The first-order valence-electron chi connectivity index (χ1n) is 6.58. The van der Waals surface area contributed by atoms with E-state index in [9.17, 15) is 9.90 Å². The average molecular weight is 258 g/mol. The van der Waals surface area contributed by atoms with Crippen molar-refractivity contribution in [3.8, 4) is 0 Å². The summed E-state index contributed by atoms with van der Waals surface area (Å²) >= 11 is 0. The number of rotatable bonds is 1. The van der Waals surface area contributed by atoms with Crippen LogP contribution >= 0.6 is 0 Å². The molecule has 0 amide bonds. The number of fused-ring (bicyclic) bond motifs is 3. The van der Waals surface area contributed by atoms with Gasteiger partial charge < -0.3 is 10.1 Å². The highest BCUT2D eigenvalue weighted by Gasteiger charge is 2.30. The minimum Gasteiger partial charge on any atom is -0.480 e. The fraction of sp³-hybridized carbons (Fsp3) is 0.400. The number of aromatic nitrogens is 1. The van der Waals surface area contributed by atoms with Gasteiger partial charge in [0.05, 0.1) is 0 Å². The van der Waals surface area contributed by atoms with Gasteiger partial charge in [-0.05, 0) is 37.5 Å². The number of carbonyl (C=O) groups is 1. The molecule has 0 radical (unpaired) electrons. The summed E-state index contributed by atoms with van der Waals surface area (Å²) in [5.74, 6) is -0.782. The maximum Gasteiger partial charge on any atom is 0.321 e. The van der Waals surface area contributed by atoms with Crippen LogP contribution in [-0.4, -0.2) is 22.1 Å². The number of carboxylic acid groups (broad SMARTS) is 1. The summed E-state index contributed by atoms with van der Waals surface area (Å²) in [7, 11) is 0. The lowest BCUT2D eigenvalue weighted by molar-refractivity contribution is -0.139. The van der Waals surface area contributed by atoms with E-state index < -0.39 is 12.0 Å². The van der Waals surface area contributed by atoms with Crippen LogP contribution in [0.5, 0.6) is 0 Å². The molecule has 1 aliphatic heterocycles. The van der Waals surface area contributed by atoms with Gasteiger partial charge in [-0.1, -0.05) is 12.1 Å². The number of benzene rings is 1. The number of aryl methyl sites for hydroxylation is 2. The zero-order valence-electron chi connectivity index (χ0n) is 11.4. The van der Waals surface area contributed by atoms with E-state index in [2.05, 4.69) is 36.3 Å². The maximum absolute atomic E-state index is 11.2. The number of carboxylic acids is 1. The van der Waals surface area contributed by atoms with Gasteiger partial charge in [-0.3, -0.25) is 10.1 Å². The van der Waals surface area contributed by atoms with E-state index in [0.717, 1.165) is 22.2 Å². The second kappa shape index (κ2) is 4.10. The van der Waals surface area contributed by atoms with Gasteiger partial charge in [0.2, 0.25) is 0 Å². The highest BCUT2D eigenvalue weighted by atomic mass is 16.4. The number of hydrogen-bond donors (Lipinski definition) is 3. The van der Waals surface area contributed by atoms with E-state index in [0.29, 0.717) is 6.42 Å². The summed E-state index contributed by atoms with van der Waals surface area (Å²) in [6.07, 6.45) is 0.539. The quantitative estimate of drug-likeness (QED) is 0.736. The third kappa shape index (κ3) is 1.75. The second-order valence-corrected chi connectivity index (χ2v) is 5.43. The Morgan fingerprint density at radius 3 is 2.79 bits per heavy atom. The molecule has 2 unspecified atom stereocenters. The molecule has 2 heterocycles. The first-order valence-corrected chi connectivity index (χ1v) is 6.58. The minimum absolute atomic E-state index is 0.0388. The first-order chi connectivity index (χ1) is 8.99. The Balaban J connectivity index is 2.22. The molecule has 0 aliphatic carbocycles. The SMILES string of the molecule is Cc1ccc2c3c([nH]c2c1C)C(C)NC(C(=O)O)C3. The van der Waals surface area contributed by atoms with Gasteiger partial charge in [-0.2, -0.15) is 0 Å². The average Bonchev–Trinajstić information content (AvgIpc) is 2.74. The van der Waals surface area contributed by atoms with Gasteiger partial charge in [-0.15, -0.1) is 0 Å². The standard InChI is InChI=1S/C15H18N2O2/c1-7-4-5-10-11-6-12(15(18)19)16-9(3)14(11)17-13(10)8(7)2/h4-5,9,12,16-17H,6H2,1-3H3,(H,18,19). The number of nitrogens with one attached hydrogen (secondary N) is 2. The molecule has 3 N–H and O–H groups in total. The minimum atomic E-state index is -0.782. The molecule has 2 aromatic rings. The van der Waals surface area contributed by atoms with E-state index in [1.165, 1.54) is 11.1 Å². The summed E-state index contributed by atoms with van der Waals surface area (Å²) in [5.41, 5.74) is 5.91. The first kappa shape index (κ1) is 12.2. The Kier molecular flexibility index (Phi) is 2.64. The Morgan fingerprint density at radius 2 is 2.11 bits per heavy atom. The van der Waals surface area contributed by atoms with Crippen LogP contribution in [0.4, 0.5) is 0 Å². The normalized spacial score (nSPS) is 22.5. The molecule has 4 heteroatoms. The molecule has 0 saturated heterocycles. The Morgan fingerprint density at radius 1 is 1.37 bits per heavy atom. The fourth-order valence-electron chi connectivity index (χ4n) is 2.98. The smallest absolute Gasteiger partial charge is 0.321 e. The summed E-state index contributed by atoms with van der Waals surface area (Å²) < 4.78 is 0. The maximum atomic E-state index is 11.2. The third-order valence-corrected chi connectivity index (χ3v) is 4.24. The van der Waals surface area contributed by atoms with E-state index in [1.54, 1.807) is 0 Å². The van der Waals surface area contributed by atoms with Gasteiger partial charge in [0.1, 0.15) is 6.04 Å². The van der Waals surface area contributed by atoms with E-state index in [4.69, 9.17) is 0 Å². The number of H-pyrrole nitrogens is 1. The van der Waals surface area contributed by atoms with E-state index in [1.807, 2.05) is 6.92 Å². The van der Waals surface area contributed by atoms with Crippen LogP contribution in [0.15, 0.2) is 12.1 Å². The van der Waals surface area contributed by atoms with Gasteiger partial charge in [0.25, 0.3) is 0 Å². The van der Waals surface area contributed by atoms with Gasteiger partial charge in [0, 0.05) is 29.1 Å². The van der Waals surface area contributed by atoms with E-state index >= 15 is 0 Å². The van der Waals surface area contributed by atoms with Gasteiger partial charge in [-0.25, -0.2) is 0 Å². The van der Waals surface area contributed by atoms with Crippen LogP contribution in [0.2, 0.25) is 0 Å². The van der Waals surface area contributed by atoms with Crippen molar-refractivity contribution in [3.05, 3.63) is 34.5 Å². The molecule has 3 rings (SSSR count). The largest absolute Gasteiger partial charge is 0.480 e. The number of aliphatic carboxylic acids is 1. The van der Waals surface area contributed by atoms with Crippen molar-refractivity contribution in [1.29, 1.82) is 0 Å². The zero-order valence-corrected chi connectivity index (χ0v) is 11.4. The van der Waals surface area contributed by atoms with Gasteiger partial charge in [0.15, 0.2) is 0 Å². The highest BCUT2D eigenvalue weighted by Crippen LogP contribution is 2.33. The number of hydrogen-bond acceptors (Lipinski definition) is 2. The summed E-state index contributed by atoms with van der Waals surface area (Å²) in [4.78, 5) is 14.7. The molecule has 0 spiro atoms. The Labute approximate surface area is 111 Å². The van der Waals surface area contributed by atoms with Crippen LogP contribution in [0, 0.1) is 13.8 Å². The van der Waals surface area contributed by atoms with Crippen LogP contribution in [0.25, 0.3) is 10.9 Å². The van der Waals surface area contributed by atoms with Crippen molar-refractivity contribution in [2.24, 2.45) is 0 Å². The fourth-order valence-corrected chi connectivity index (χ4v) is 2.98. The topological polar surface area (TPSA) is 65.1 Å².